The summed E-state index contributed by atoms with van der Waals surface area (Å²) in [5.41, 5.74) is 1.18. The fourth-order valence-electron chi connectivity index (χ4n) is 1.88. The average Bonchev–Trinajstić information content (AvgIpc) is 2.83. The maximum Gasteiger partial charge on any atom is 0.308 e. The van der Waals surface area contributed by atoms with Gasteiger partial charge in [0.15, 0.2) is 0 Å². The van der Waals surface area contributed by atoms with Crippen molar-refractivity contribution in [1.29, 1.82) is 0 Å². The van der Waals surface area contributed by atoms with Gasteiger partial charge in [0.2, 0.25) is 0 Å². The Morgan fingerprint density at radius 1 is 1.25 bits per heavy atom. The number of nitrogens with one attached hydrogen (secondary N) is 1. The molecule has 0 radical (unpaired) electrons. The van der Waals surface area contributed by atoms with E-state index in [1.807, 2.05) is 36.4 Å². The molecule has 1 aromatic carbocycles. The van der Waals surface area contributed by atoms with Gasteiger partial charge >= 0.3 is 5.97 Å². The van der Waals surface area contributed by atoms with E-state index in [2.05, 4.69) is 12.2 Å². The first-order valence-electron chi connectivity index (χ1n) is 6.33. The Morgan fingerprint density at radius 3 is 2.55 bits per heavy atom. The number of carboxylic acid groups (broad SMARTS) is 1. The summed E-state index contributed by atoms with van der Waals surface area (Å²) < 4.78 is 0. The summed E-state index contributed by atoms with van der Waals surface area (Å²) in [7, 11) is 0. The molecule has 106 valence electrons. The lowest BCUT2D eigenvalue weighted by molar-refractivity contribution is -0.136. The number of benzene rings is 1. The molecule has 0 aliphatic carbocycles. The van der Waals surface area contributed by atoms with E-state index in [1.54, 1.807) is 0 Å². The normalized spacial score (nSPS) is 12.3. The van der Waals surface area contributed by atoms with Crippen molar-refractivity contribution in [2.45, 2.75) is 25.9 Å². The molecule has 3 nitrogen and oxygen atoms in total. The van der Waals surface area contributed by atoms with Gasteiger partial charge in [-0.05, 0) is 36.8 Å². The van der Waals surface area contributed by atoms with Crippen LogP contribution in [0.25, 0.3) is 0 Å². The summed E-state index contributed by atoms with van der Waals surface area (Å²) >= 11 is 7.40. The topological polar surface area (TPSA) is 49.3 Å². The third kappa shape index (κ3) is 4.34. The van der Waals surface area contributed by atoms with Crippen LogP contribution in [-0.4, -0.2) is 11.1 Å². The zero-order chi connectivity index (χ0) is 14.5. The molecule has 0 unspecified atom stereocenters. The zero-order valence-corrected chi connectivity index (χ0v) is 12.7. The van der Waals surface area contributed by atoms with E-state index in [-0.39, 0.29) is 12.5 Å². The van der Waals surface area contributed by atoms with Crippen LogP contribution in [-0.2, 0) is 17.8 Å². The van der Waals surface area contributed by atoms with E-state index in [4.69, 9.17) is 16.7 Å². The molecule has 1 aromatic heterocycles. The summed E-state index contributed by atoms with van der Waals surface area (Å²) in [6, 6.07) is 11.8. The highest BCUT2D eigenvalue weighted by Crippen LogP contribution is 2.20. The average molecular weight is 310 g/mol. The van der Waals surface area contributed by atoms with E-state index < -0.39 is 5.97 Å². The number of carbonyl (C=O) groups is 1. The second-order valence-corrected chi connectivity index (χ2v) is 6.28. The first-order valence-corrected chi connectivity index (χ1v) is 7.52. The van der Waals surface area contributed by atoms with Crippen molar-refractivity contribution in [2.24, 2.45) is 0 Å². The van der Waals surface area contributed by atoms with Gasteiger partial charge in [0.1, 0.15) is 0 Å². The Kier molecular flexibility index (Phi) is 5.17. The van der Waals surface area contributed by atoms with Gasteiger partial charge in [0, 0.05) is 27.4 Å². The van der Waals surface area contributed by atoms with Crippen LogP contribution >= 0.6 is 22.9 Å². The summed E-state index contributed by atoms with van der Waals surface area (Å²) in [5, 5.41) is 12.9. The van der Waals surface area contributed by atoms with Crippen molar-refractivity contribution in [3.8, 4) is 0 Å². The number of hydrogen-bond acceptors (Lipinski definition) is 3. The lowest BCUT2D eigenvalue weighted by Gasteiger charge is -2.13. The summed E-state index contributed by atoms with van der Waals surface area (Å²) in [5.74, 6) is -0.791. The van der Waals surface area contributed by atoms with Crippen LogP contribution in [0.1, 0.15) is 28.3 Å². The third-order valence-corrected chi connectivity index (χ3v) is 4.33. The molecule has 0 amide bonds. The van der Waals surface area contributed by atoms with Crippen molar-refractivity contribution in [3.05, 3.63) is 56.7 Å². The number of rotatable bonds is 6. The molecule has 5 heteroatoms. The Bertz CT molecular complexity index is 580. The summed E-state index contributed by atoms with van der Waals surface area (Å²) in [4.78, 5) is 12.7. The Labute approximate surface area is 127 Å². The highest BCUT2D eigenvalue weighted by Gasteiger charge is 2.07. The fourth-order valence-corrected chi connectivity index (χ4v) is 2.97. The van der Waals surface area contributed by atoms with Gasteiger partial charge < -0.3 is 10.4 Å². The van der Waals surface area contributed by atoms with Crippen LogP contribution in [0.2, 0.25) is 5.02 Å². The molecule has 0 saturated heterocycles. The molecule has 0 aliphatic heterocycles. The molecule has 0 saturated carbocycles. The van der Waals surface area contributed by atoms with Gasteiger partial charge in [0.25, 0.3) is 0 Å². The van der Waals surface area contributed by atoms with Gasteiger partial charge in [-0.15, -0.1) is 11.3 Å². The van der Waals surface area contributed by atoms with Crippen LogP contribution in [0.3, 0.4) is 0 Å². The van der Waals surface area contributed by atoms with Gasteiger partial charge in [-0.2, -0.15) is 0 Å². The SMILES string of the molecule is C[C@@H](NCc1ccc(CC(=O)O)s1)c1ccc(Cl)cc1. The number of halogens is 1. The van der Waals surface area contributed by atoms with Crippen LogP contribution < -0.4 is 5.32 Å². The number of carboxylic acids is 1. The molecule has 0 spiro atoms. The monoisotopic (exact) mass is 309 g/mol. The molecule has 1 heterocycles. The predicted octanol–water partition coefficient (Wildman–Crippen LogP) is 3.88. The molecule has 0 bridgehead atoms. The minimum atomic E-state index is -0.791. The maximum atomic E-state index is 10.6. The van der Waals surface area contributed by atoms with E-state index in [0.29, 0.717) is 0 Å². The summed E-state index contributed by atoms with van der Waals surface area (Å²) in [6.45, 7) is 2.82. The third-order valence-electron chi connectivity index (χ3n) is 3.00. The molecule has 2 N–H and O–H groups in total. The minimum Gasteiger partial charge on any atom is -0.481 e. The molecule has 1 atom stereocenters. The van der Waals surface area contributed by atoms with E-state index in [1.165, 1.54) is 16.9 Å². The van der Waals surface area contributed by atoms with Crippen molar-refractivity contribution >= 4 is 28.9 Å². The second kappa shape index (κ2) is 6.88. The van der Waals surface area contributed by atoms with Crippen LogP contribution in [0, 0.1) is 0 Å². The maximum absolute atomic E-state index is 10.6. The van der Waals surface area contributed by atoms with Crippen molar-refractivity contribution in [2.75, 3.05) is 0 Å². The number of hydrogen-bond donors (Lipinski definition) is 2. The molecular weight excluding hydrogens is 294 g/mol. The van der Waals surface area contributed by atoms with Gasteiger partial charge in [0.05, 0.1) is 6.42 Å². The van der Waals surface area contributed by atoms with Crippen LogP contribution in [0.15, 0.2) is 36.4 Å². The smallest absolute Gasteiger partial charge is 0.308 e. The summed E-state index contributed by atoms with van der Waals surface area (Å²) in [6.07, 6.45) is 0.0946. The largest absolute Gasteiger partial charge is 0.481 e. The van der Waals surface area contributed by atoms with E-state index in [0.717, 1.165) is 21.3 Å². The molecule has 20 heavy (non-hydrogen) atoms. The Morgan fingerprint density at radius 2 is 1.90 bits per heavy atom. The highest BCUT2D eigenvalue weighted by atomic mass is 35.5. The number of aliphatic carboxylic acids is 1. The number of thiophene rings is 1. The first kappa shape index (κ1) is 15.0. The molecule has 2 rings (SSSR count). The van der Waals surface area contributed by atoms with Gasteiger partial charge in [-0.3, -0.25) is 4.79 Å². The van der Waals surface area contributed by atoms with Crippen LogP contribution in [0.5, 0.6) is 0 Å². The molecule has 0 fully saturated rings. The standard InChI is InChI=1S/C15H16ClNO2S/c1-10(11-2-4-12(16)5-3-11)17-9-14-7-6-13(20-14)8-15(18)19/h2-7,10,17H,8-9H2,1H3,(H,18,19)/t10-/m1/s1. The van der Waals surface area contributed by atoms with Gasteiger partial charge in [-0.25, -0.2) is 0 Å². The lowest BCUT2D eigenvalue weighted by Crippen LogP contribution is -2.17. The van der Waals surface area contributed by atoms with E-state index in [9.17, 15) is 4.79 Å². The first-order chi connectivity index (χ1) is 9.54. The molecule has 2 aromatic rings. The fraction of sp³-hybridized carbons (Fsp3) is 0.267. The van der Waals surface area contributed by atoms with Crippen LogP contribution in [0.4, 0.5) is 0 Å². The Balaban J connectivity index is 1.89. The van der Waals surface area contributed by atoms with Crippen molar-refractivity contribution < 1.29 is 9.90 Å². The second-order valence-electron chi connectivity index (χ2n) is 4.59. The highest BCUT2D eigenvalue weighted by molar-refractivity contribution is 7.12. The van der Waals surface area contributed by atoms with Gasteiger partial charge in [-0.1, -0.05) is 23.7 Å². The Hall–Kier alpha value is -1.36. The predicted molar refractivity (Wildman–Crippen MR) is 82.4 cm³/mol. The van der Waals surface area contributed by atoms with Crippen molar-refractivity contribution in [3.63, 3.8) is 0 Å². The molecular formula is C15H16ClNO2S. The zero-order valence-electron chi connectivity index (χ0n) is 11.1. The molecule has 0 aliphatic rings. The minimum absolute atomic E-state index is 0.0946. The van der Waals surface area contributed by atoms with E-state index >= 15 is 0 Å². The lowest BCUT2D eigenvalue weighted by atomic mass is 10.1. The van der Waals surface area contributed by atoms with Crippen molar-refractivity contribution in [1.82, 2.24) is 5.32 Å². The quantitative estimate of drug-likeness (QED) is 0.851.